The summed E-state index contributed by atoms with van der Waals surface area (Å²) in [6.45, 7) is 0. The number of rotatable bonds is 7. The largest absolute Gasteiger partial charge is 0.496 e. The van der Waals surface area contributed by atoms with Gasteiger partial charge in [-0.05, 0) is 36.4 Å². The average Bonchev–Trinajstić information content (AvgIpc) is 3.07. The van der Waals surface area contributed by atoms with Crippen molar-refractivity contribution in [2.75, 3.05) is 18.2 Å². The molecule has 0 spiro atoms. The molecule has 1 N–H and O–H groups in total. The van der Waals surface area contributed by atoms with Crippen molar-refractivity contribution in [1.29, 1.82) is 0 Å². The second-order valence-corrected chi connectivity index (χ2v) is 7.26. The molecule has 9 heteroatoms. The molecule has 0 fully saturated rings. The Labute approximate surface area is 156 Å². The number of hydrogen-bond acceptors (Lipinski definition) is 7. The fraction of sp³-hybridized carbons (Fsp3) is 0.118. The van der Waals surface area contributed by atoms with Crippen LogP contribution in [-0.2, 0) is 0 Å². The van der Waals surface area contributed by atoms with E-state index in [1.165, 1.54) is 54.5 Å². The summed E-state index contributed by atoms with van der Waals surface area (Å²) in [6, 6.07) is 9.78. The maximum Gasteiger partial charge on any atom is 0.210 e. The predicted octanol–water partition coefficient (Wildman–Crippen LogP) is 4.54. The maximum absolute atomic E-state index is 13.4. The molecule has 134 valence electrons. The van der Waals surface area contributed by atoms with Gasteiger partial charge in [-0.2, -0.15) is 0 Å². The quantitative estimate of drug-likeness (QED) is 0.470. The van der Waals surface area contributed by atoms with Gasteiger partial charge in [-0.15, -0.1) is 10.2 Å². The Kier molecular flexibility index (Phi) is 5.79. The number of carbonyl (C=O) groups is 1. The lowest BCUT2D eigenvalue weighted by Crippen LogP contribution is -2.05. The van der Waals surface area contributed by atoms with Crippen LogP contribution in [0.4, 0.5) is 19.6 Å². The Morgan fingerprint density at radius 1 is 1.19 bits per heavy atom. The molecule has 5 nitrogen and oxygen atoms in total. The van der Waals surface area contributed by atoms with Crippen molar-refractivity contribution in [1.82, 2.24) is 10.2 Å². The SMILES string of the molecule is COc1ccc(F)cc1C(=O)CSc1nnc(Nc2cccc(F)c2)s1. The fourth-order valence-corrected chi connectivity index (χ4v) is 3.77. The summed E-state index contributed by atoms with van der Waals surface area (Å²) in [6.07, 6.45) is 0. The van der Waals surface area contributed by atoms with Crippen LogP contribution in [0.1, 0.15) is 10.4 Å². The molecule has 0 aliphatic heterocycles. The molecule has 0 atom stereocenters. The lowest BCUT2D eigenvalue weighted by Gasteiger charge is -2.06. The van der Waals surface area contributed by atoms with Crippen molar-refractivity contribution < 1.29 is 18.3 Å². The van der Waals surface area contributed by atoms with Gasteiger partial charge in [0.05, 0.1) is 18.4 Å². The van der Waals surface area contributed by atoms with E-state index in [0.29, 0.717) is 20.9 Å². The van der Waals surface area contributed by atoms with E-state index in [2.05, 4.69) is 15.5 Å². The molecule has 26 heavy (non-hydrogen) atoms. The molecule has 1 heterocycles. The zero-order chi connectivity index (χ0) is 18.5. The average molecular weight is 393 g/mol. The Balaban J connectivity index is 1.63. The molecular formula is C17H13F2N3O2S2. The van der Waals surface area contributed by atoms with E-state index in [-0.39, 0.29) is 22.9 Å². The Morgan fingerprint density at radius 2 is 2.00 bits per heavy atom. The molecule has 0 amide bonds. The van der Waals surface area contributed by atoms with Crippen LogP contribution in [0.2, 0.25) is 0 Å². The topological polar surface area (TPSA) is 64.1 Å². The van der Waals surface area contributed by atoms with Crippen LogP contribution < -0.4 is 10.1 Å². The highest BCUT2D eigenvalue weighted by molar-refractivity contribution is 8.01. The number of halogens is 2. The van der Waals surface area contributed by atoms with Crippen LogP contribution in [0, 0.1) is 11.6 Å². The van der Waals surface area contributed by atoms with Crippen LogP contribution in [0.15, 0.2) is 46.8 Å². The zero-order valence-corrected chi connectivity index (χ0v) is 15.2. The first-order chi connectivity index (χ1) is 12.5. The van der Waals surface area contributed by atoms with E-state index < -0.39 is 5.82 Å². The fourth-order valence-electron chi connectivity index (χ4n) is 2.11. The molecule has 0 saturated carbocycles. The molecule has 0 radical (unpaired) electrons. The zero-order valence-electron chi connectivity index (χ0n) is 13.5. The van der Waals surface area contributed by atoms with Crippen molar-refractivity contribution in [3.05, 3.63) is 59.7 Å². The number of benzene rings is 2. The lowest BCUT2D eigenvalue weighted by molar-refractivity contribution is 0.101. The summed E-state index contributed by atoms with van der Waals surface area (Å²) in [5.41, 5.74) is 0.737. The number of aromatic nitrogens is 2. The van der Waals surface area contributed by atoms with E-state index in [4.69, 9.17) is 4.74 Å². The molecule has 0 aliphatic rings. The summed E-state index contributed by atoms with van der Waals surface area (Å²) < 4.78 is 32.2. The van der Waals surface area contributed by atoms with Gasteiger partial charge in [-0.25, -0.2) is 8.78 Å². The monoisotopic (exact) mass is 393 g/mol. The van der Waals surface area contributed by atoms with Gasteiger partial charge in [0.25, 0.3) is 0 Å². The number of ether oxygens (including phenoxy) is 1. The minimum atomic E-state index is -0.503. The summed E-state index contributed by atoms with van der Waals surface area (Å²) >= 11 is 2.42. The number of hydrogen-bond donors (Lipinski definition) is 1. The van der Waals surface area contributed by atoms with E-state index >= 15 is 0 Å². The molecule has 0 bridgehead atoms. The van der Waals surface area contributed by atoms with Gasteiger partial charge in [0.1, 0.15) is 17.4 Å². The second-order valence-electron chi connectivity index (χ2n) is 5.06. The van der Waals surface area contributed by atoms with E-state index in [0.717, 1.165) is 6.07 Å². The van der Waals surface area contributed by atoms with Crippen molar-refractivity contribution >= 4 is 39.7 Å². The van der Waals surface area contributed by atoms with E-state index in [1.54, 1.807) is 12.1 Å². The molecule has 3 rings (SSSR count). The number of Topliss-reactive ketones (excluding diaryl/α,β-unsaturated/α-hetero) is 1. The first kappa shape index (κ1) is 18.3. The first-order valence-corrected chi connectivity index (χ1v) is 9.21. The summed E-state index contributed by atoms with van der Waals surface area (Å²) in [5, 5.41) is 11.4. The van der Waals surface area contributed by atoms with Crippen molar-refractivity contribution in [3.63, 3.8) is 0 Å². The highest BCUT2D eigenvalue weighted by Gasteiger charge is 2.15. The maximum atomic E-state index is 13.4. The smallest absolute Gasteiger partial charge is 0.210 e. The van der Waals surface area contributed by atoms with Crippen molar-refractivity contribution in [3.8, 4) is 5.75 Å². The number of nitrogens with one attached hydrogen (secondary N) is 1. The number of carbonyl (C=O) groups excluding carboxylic acids is 1. The van der Waals surface area contributed by atoms with Crippen molar-refractivity contribution in [2.45, 2.75) is 4.34 Å². The molecule has 0 unspecified atom stereocenters. The third-order valence-electron chi connectivity index (χ3n) is 3.27. The van der Waals surface area contributed by atoms with Crippen LogP contribution in [0.5, 0.6) is 5.75 Å². The van der Waals surface area contributed by atoms with Gasteiger partial charge >= 0.3 is 0 Å². The Hall–Kier alpha value is -2.52. The van der Waals surface area contributed by atoms with Gasteiger partial charge in [0, 0.05) is 5.69 Å². The van der Waals surface area contributed by atoms with Crippen molar-refractivity contribution in [2.24, 2.45) is 0 Å². The molecule has 2 aromatic carbocycles. The van der Waals surface area contributed by atoms with E-state index in [1.807, 2.05) is 0 Å². The number of ketones is 1. The van der Waals surface area contributed by atoms with Crippen LogP contribution in [0.25, 0.3) is 0 Å². The van der Waals surface area contributed by atoms with Gasteiger partial charge in [-0.1, -0.05) is 29.2 Å². The lowest BCUT2D eigenvalue weighted by atomic mass is 10.1. The van der Waals surface area contributed by atoms with Gasteiger partial charge in [0.2, 0.25) is 5.13 Å². The minimum absolute atomic E-state index is 0.0639. The van der Waals surface area contributed by atoms with Crippen LogP contribution in [0.3, 0.4) is 0 Å². The highest BCUT2D eigenvalue weighted by Crippen LogP contribution is 2.29. The Morgan fingerprint density at radius 3 is 2.77 bits per heavy atom. The van der Waals surface area contributed by atoms with Gasteiger partial charge in [-0.3, -0.25) is 4.79 Å². The summed E-state index contributed by atoms with van der Waals surface area (Å²) in [5.74, 6) is -0.752. The molecule has 1 aromatic heterocycles. The number of thioether (sulfide) groups is 1. The standard InChI is InChI=1S/C17H13F2N3O2S2/c1-24-15-6-5-11(19)8-13(15)14(23)9-25-17-22-21-16(26-17)20-12-4-2-3-10(18)7-12/h2-8H,9H2,1H3,(H,20,21). The van der Waals surface area contributed by atoms with E-state index in [9.17, 15) is 13.6 Å². The minimum Gasteiger partial charge on any atom is -0.496 e. The first-order valence-electron chi connectivity index (χ1n) is 7.41. The van der Waals surface area contributed by atoms with Crippen LogP contribution in [-0.4, -0.2) is 28.8 Å². The molecule has 0 saturated heterocycles. The number of methoxy groups -OCH3 is 1. The molecule has 3 aromatic rings. The predicted molar refractivity (Wildman–Crippen MR) is 97.6 cm³/mol. The molecule has 0 aliphatic carbocycles. The normalized spacial score (nSPS) is 10.6. The Bertz CT molecular complexity index is 934. The summed E-state index contributed by atoms with van der Waals surface area (Å²) in [7, 11) is 1.42. The van der Waals surface area contributed by atoms with Gasteiger partial charge in [0.15, 0.2) is 10.1 Å². The van der Waals surface area contributed by atoms with Gasteiger partial charge < -0.3 is 10.1 Å². The van der Waals surface area contributed by atoms with Crippen LogP contribution >= 0.6 is 23.1 Å². The third kappa shape index (κ3) is 4.55. The number of nitrogens with zero attached hydrogens (tertiary/aromatic N) is 2. The second kappa shape index (κ2) is 8.24. The number of anilines is 2. The third-order valence-corrected chi connectivity index (χ3v) is 5.24. The highest BCUT2D eigenvalue weighted by atomic mass is 32.2. The molecular weight excluding hydrogens is 380 g/mol. The summed E-state index contributed by atoms with van der Waals surface area (Å²) in [4.78, 5) is 12.3.